The van der Waals surface area contributed by atoms with Crippen molar-refractivity contribution in [2.75, 3.05) is 33.3 Å². The quantitative estimate of drug-likeness (QED) is 0.203. The van der Waals surface area contributed by atoms with E-state index in [1.54, 1.807) is 23.2 Å². The molecule has 1 aromatic heterocycles. The van der Waals surface area contributed by atoms with Gasteiger partial charge < -0.3 is 15.0 Å². The van der Waals surface area contributed by atoms with Crippen LogP contribution in [0.2, 0.25) is 0 Å². The van der Waals surface area contributed by atoms with Crippen molar-refractivity contribution in [2.24, 2.45) is 5.92 Å². The van der Waals surface area contributed by atoms with E-state index in [1.165, 1.54) is 30.9 Å². The van der Waals surface area contributed by atoms with Crippen molar-refractivity contribution in [3.8, 4) is 5.88 Å². The number of piperazine rings is 1. The summed E-state index contributed by atoms with van der Waals surface area (Å²) in [6.07, 6.45) is -1.14. The van der Waals surface area contributed by atoms with Crippen molar-refractivity contribution >= 4 is 17.9 Å². The molecule has 1 aliphatic rings. The third kappa shape index (κ3) is 9.29. The van der Waals surface area contributed by atoms with Crippen LogP contribution in [0.5, 0.6) is 5.88 Å². The van der Waals surface area contributed by atoms with E-state index in [0.29, 0.717) is 43.2 Å². The van der Waals surface area contributed by atoms with E-state index in [2.05, 4.69) is 27.3 Å². The predicted octanol–water partition coefficient (Wildman–Crippen LogP) is 6.01. The number of carbonyl (C=O) groups excluding carboxylic acids is 2. The van der Waals surface area contributed by atoms with Crippen LogP contribution >= 0.6 is 0 Å². The Morgan fingerprint density at radius 2 is 1.49 bits per heavy atom. The first kappa shape index (κ1) is 33.4. The van der Waals surface area contributed by atoms with Crippen molar-refractivity contribution in [1.29, 1.82) is 0 Å². The summed E-state index contributed by atoms with van der Waals surface area (Å²) in [5.41, 5.74) is 2.53. The van der Waals surface area contributed by atoms with E-state index in [-0.39, 0.29) is 24.4 Å². The molecule has 244 valence electrons. The molecule has 1 saturated heterocycles. The Bertz CT molecular complexity index is 1640. The largest absolute Gasteiger partial charge is 0.481 e. The van der Waals surface area contributed by atoms with Crippen molar-refractivity contribution < 1.29 is 27.5 Å². The van der Waals surface area contributed by atoms with E-state index in [1.807, 2.05) is 48.5 Å². The van der Waals surface area contributed by atoms with Gasteiger partial charge in [-0.3, -0.25) is 14.5 Å². The van der Waals surface area contributed by atoms with E-state index in [4.69, 9.17) is 4.74 Å². The summed E-state index contributed by atoms with van der Waals surface area (Å²) in [7, 11) is 1.51. The zero-order chi connectivity index (χ0) is 33.2. The van der Waals surface area contributed by atoms with Crippen LogP contribution in [0.15, 0.2) is 109 Å². The Kier molecular flexibility index (Phi) is 11.1. The van der Waals surface area contributed by atoms with Gasteiger partial charge in [0.2, 0.25) is 17.7 Å². The molecule has 1 fully saturated rings. The molecule has 2 amide bonds. The predicted molar refractivity (Wildman–Crippen MR) is 174 cm³/mol. The van der Waals surface area contributed by atoms with Crippen LogP contribution in [-0.2, 0) is 35.3 Å². The minimum Gasteiger partial charge on any atom is -0.481 e. The summed E-state index contributed by atoms with van der Waals surface area (Å²) in [5, 5.41) is 2.90. The summed E-state index contributed by atoms with van der Waals surface area (Å²) in [4.78, 5) is 36.6. The first-order valence-corrected chi connectivity index (χ1v) is 15.4. The molecule has 10 heteroatoms. The number of pyridine rings is 1. The summed E-state index contributed by atoms with van der Waals surface area (Å²) >= 11 is 0. The third-order valence-corrected chi connectivity index (χ3v) is 8.17. The average molecular weight is 643 g/mol. The topological polar surface area (TPSA) is 74.8 Å². The Morgan fingerprint density at radius 1 is 0.851 bits per heavy atom. The molecule has 0 aliphatic carbocycles. The lowest BCUT2D eigenvalue weighted by Crippen LogP contribution is -2.51. The van der Waals surface area contributed by atoms with Crippen molar-refractivity contribution in [3.63, 3.8) is 0 Å². The number of amides is 2. The summed E-state index contributed by atoms with van der Waals surface area (Å²) < 4.78 is 45.0. The van der Waals surface area contributed by atoms with Gasteiger partial charge in [-0.2, -0.15) is 13.2 Å². The number of alkyl halides is 3. The summed E-state index contributed by atoms with van der Waals surface area (Å²) in [6, 6.07) is 27.6. The summed E-state index contributed by atoms with van der Waals surface area (Å²) in [5.74, 6) is -1.14. The van der Waals surface area contributed by atoms with E-state index in [0.717, 1.165) is 24.2 Å². The molecule has 0 saturated carbocycles. The second-order valence-corrected chi connectivity index (χ2v) is 11.4. The van der Waals surface area contributed by atoms with Gasteiger partial charge in [-0.25, -0.2) is 4.98 Å². The fraction of sp³-hybridized carbons (Fsp3) is 0.270. The number of nitrogens with zero attached hydrogens (tertiary/aromatic N) is 3. The van der Waals surface area contributed by atoms with E-state index < -0.39 is 23.6 Å². The van der Waals surface area contributed by atoms with Gasteiger partial charge in [0, 0.05) is 57.1 Å². The molecule has 3 aromatic carbocycles. The molecule has 0 unspecified atom stereocenters. The standard InChI is InChI=1S/C37H37F3N4O3/c1-47-34-17-14-30(24-41-34)25-42-35(45)32(22-28-12-15-31(16-13-28)37(38,39)40)33(23-27-8-4-2-5-9-27)36(46)44-20-18-43(19-21-44)26-29-10-6-3-7-11-29/h2-17,22,24,33H,18-21,23,25-26H2,1H3,(H,42,45)/t33-/m0/s1. The molecule has 1 atom stereocenters. The molecule has 1 N–H and O–H groups in total. The third-order valence-electron chi connectivity index (χ3n) is 8.17. The highest BCUT2D eigenvalue weighted by atomic mass is 19.4. The van der Waals surface area contributed by atoms with Crippen LogP contribution in [0.4, 0.5) is 13.2 Å². The van der Waals surface area contributed by atoms with E-state index in [9.17, 15) is 22.8 Å². The molecule has 1 aliphatic heterocycles. The zero-order valence-corrected chi connectivity index (χ0v) is 26.1. The number of aromatic nitrogens is 1. The lowest BCUT2D eigenvalue weighted by Gasteiger charge is -2.37. The molecule has 0 spiro atoms. The van der Waals surface area contributed by atoms with Crippen LogP contribution in [0.3, 0.4) is 0 Å². The zero-order valence-electron chi connectivity index (χ0n) is 26.1. The van der Waals surface area contributed by atoms with Gasteiger partial charge in [-0.1, -0.05) is 78.9 Å². The molecular formula is C37H37F3N4O3. The SMILES string of the molecule is COc1ccc(CNC(=O)C(=Cc2ccc(C(F)(F)F)cc2)[C@H](Cc2ccccc2)C(=O)N2CCN(Cc3ccccc3)CC2)cn1. The van der Waals surface area contributed by atoms with Gasteiger partial charge in [0.25, 0.3) is 0 Å². The van der Waals surface area contributed by atoms with E-state index >= 15 is 0 Å². The highest BCUT2D eigenvalue weighted by Crippen LogP contribution is 2.30. The lowest BCUT2D eigenvalue weighted by molar-refractivity contribution is -0.138. The maximum atomic E-state index is 14.3. The van der Waals surface area contributed by atoms with Crippen LogP contribution in [0, 0.1) is 5.92 Å². The normalized spacial score (nSPS) is 14.8. The lowest BCUT2D eigenvalue weighted by atomic mass is 9.88. The number of carbonyl (C=O) groups is 2. The minimum atomic E-state index is -4.50. The number of nitrogens with one attached hydrogen (secondary N) is 1. The van der Waals surface area contributed by atoms with Gasteiger partial charge >= 0.3 is 6.18 Å². The van der Waals surface area contributed by atoms with Crippen molar-refractivity contribution in [1.82, 2.24) is 20.1 Å². The number of rotatable bonds is 11. The maximum absolute atomic E-state index is 14.3. The number of benzene rings is 3. The smallest absolute Gasteiger partial charge is 0.416 e. The number of hydrogen-bond acceptors (Lipinski definition) is 5. The van der Waals surface area contributed by atoms with Crippen molar-refractivity contribution in [2.45, 2.75) is 25.7 Å². The van der Waals surface area contributed by atoms with Crippen LogP contribution in [-0.4, -0.2) is 59.9 Å². The molecule has 2 heterocycles. The van der Waals surface area contributed by atoms with Gasteiger partial charge in [0.15, 0.2) is 0 Å². The first-order chi connectivity index (χ1) is 22.7. The highest BCUT2D eigenvalue weighted by molar-refractivity contribution is 6.04. The number of methoxy groups -OCH3 is 1. The first-order valence-electron chi connectivity index (χ1n) is 15.4. The number of hydrogen-bond donors (Lipinski definition) is 1. The molecule has 47 heavy (non-hydrogen) atoms. The molecular weight excluding hydrogens is 605 g/mol. The Hall–Kier alpha value is -4.96. The van der Waals surface area contributed by atoms with Crippen LogP contribution < -0.4 is 10.1 Å². The fourth-order valence-electron chi connectivity index (χ4n) is 5.56. The number of halogens is 3. The Labute approximate surface area is 272 Å². The van der Waals surface area contributed by atoms with Crippen LogP contribution in [0.25, 0.3) is 6.08 Å². The second kappa shape index (κ2) is 15.6. The van der Waals surface area contributed by atoms with Crippen LogP contribution in [0.1, 0.15) is 27.8 Å². The molecule has 0 radical (unpaired) electrons. The second-order valence-electron chi connectivity index (χ2n) is 11.4. The highest BCUT2D eigenvalue weighted by Gasteiger charge is 2.34. The van der Waals surface area contributed by atoms with Gasteiger partial charge in [0.05, 0.1) is 18.6 Å². The minimum absolute atomic E-state index is 0.130. The Morgan fingerprint density at radius 3 is 2.06 bits per heavy atom. The summed E-state index contributed by atoms with van der Waals surface area (Å²) in [6.45, 7) is 3.23. The Balaban J connectivity index is 1.43. The molecule has 7 nitrogen and oxygen atoms in total. The number of ether oxygens (including phenoxy) is 1. The van der Waals surface area contributed by atoms with Crippen molar-refractivity contribution in [3.05, 3.63) is 137 Å². The maximum Gasteiger partial charge on any atom is 0.416 e. The molecule has 4 aromatic rings. The monoisotopic (exact) mass is 642 g/mol. The average Bonchev–Trinajstić information content (AvgIpc) is 3.09. The van der Waals surface area contributed by atoms with Gasteiger partial charge in [-0.15, -0.1) is 0 Å². The van der Waals surface area contributed by atoms with Gasteiger partial charge in [-0.05, 0) is 46.9 Å². The molecule has 0 bridgehead atoms. The fourth-order valence-corrected chi connectivity index (χ4v) is 5.56. The van der Waals surface area contributed by atoms with Gasteiger partial charge in [0.1, 0.15) is 0 Å². The molecule has 5 rings (SSSR count).